The summed E-state index contributed by atoms with van der Waals surface area (Å²) in [6.45, 7) is 5.89. The Labute approximate surface area is 167 Å². The Bertz CT molecular complexity index is 789. The molecule has 28 heavy (non-hydrogen) atoms. The highest BCUT2D eigenvalue weighted by atomic mass is 16.5. The standard InChI is InChI=1S/C24H29NO3/c1-2-27-23-10-6-7-11-24(23)28-13-12-20-14-21-17-26-18-22(15-20)25(21)16-19-8-4-3-5-9-19/h3-11,14,21-22H,2,12-13,15-18H2,1H3. The fourth-order valence-electron chi connectivity index (χ4n) is 4.11. The Morgan fingerprint density at radius 3 is 2.46 bits per heavy atom. The molecule has 0 spiro atoms. The molecule has 0 aromatic heterocycles. The third-order valence-electron chi connectivity index (χ3n) is 5.46. The van der Waals surface area contributed by atoms with E-state index in [-0.39, 0.29) is 0 Å². The van der Waals surface area contributed by atoms with Gasteiger partial charge in [0.1, 0.15) is 0 Å². The summed E-state index contributed by atoms with van der Waals surface area (Å²) in [4.78, 5) is 2.59. The molecule has 1 fully saturated rings. The van der Waals surface area contributed by atoms with E-state index in [0.29, 0.717) is 25.3 Å². The lowest BCUT2D eigenvalue weighted by Crippen LogP contribution is -2.53. The minimum atomic E-state index is 0.360. The number of hydrogen-bond acceptors (Lipinski definition) is 4. The number of nitrogens with zero attached hydrogens (tertiary/aromatic N) is 1. The van der Waals surface area contributed by atoms with Gasteiger partial charge in [0.05, 0.1) is 32.5 Å². The fraction of sp³-hybridized carbons (Fsp3) is 0.417. The first-order chi connectivity index (χ1) is 13.8. The van der Waals surface area contributed by atoms with E-state index in [4.69, 9.17) is 14.2 Å². The van der Waals surface area contributed by atoms with E-state index in [9.17, 15) is 0 Å². The molecule has 0 aliphatic carbocycles. The summed E-state index contributed by atoms with van der Waals surface area (Å²) < 4.78 is 17.5. The number of benzene rings is 2. The summed E-state index contributed by atoms with van der Waals surface area (Å²) in [5.41, 5.74) is 2.85. The van der Waals surface area contributed by atoms with Crippen molar-refractivity contribution < 1.29 is 14.2 Å². The van der Waals surface area contributed by atoms with Crippen molar-refractivity contribution in [2.45, 2.75) is 38.4 Å². The first kappa shape index (κ1) is 19.0. The smallest absolute Gasteiger partial charge is 0.161 e. The zero-order valence-electron chi connectivity index (χ0n) is 16.5. The molecule has 0 radical (unpaired) electrons. The molecule has 0 saturated carbocycles. The minimum Gasteiger partial charge on any atom is -0.490 e. The summed E-state index contributed by atoms with van der Waals surface area (Å²) in [5, 5.41) is 0. The summed E-state index contributed by atoms with van der Waals surface area (Å²) in [5.74, 6) is 1.65. The highest BCUT2D eigenvalue weighted by molar-refractivity contribution is 5.39. The number of hydrogen-bond donors (Lipinski definition) is 0. The first-order valence-corrected chi connectivity index (χ1v) is 10.2. The van der Waals surface area contributed by atoms with E-state index >= 15 is 0 Å². The van der Waals surface area contributed by atoms with E-state index in [0.717, 1.165) is 44.1 Å². The average Bonchev–Trinajstić information content (AvgIpc) is 2.71. The van der Waals surface area contributed by atoms with Crippen molar-refractivity contribution in [3.63, 3.8) is 0 Å². The van der Waals surface area contributed by atoms with E-state index in [1.807, 2.05) is 31.2 Å². The Morgan fingerprint density at radius 2 is 1.71 bits per heavy atom. The summed E-state index contributed by atoms with van der Waals surface area (Å²) in [6, 6.07) is 19.4. The lowest BCUT2D eigenvalue weighted by Gasteiger charge is -2.44. The van der Waals surface area contributed by atoms with Crippen LogP contribution in [0.5, 0.6) is 11.5 Å². The lowest BCUT2D eigenvalue weighted by molar-refractivity contribution is -0.0443. The largest absolute Gasteiger partial charge is 0.490 e. The maximum absolute atomic E-state index is 6.03. The maximum Gasteiger partial charge on any atom is 0.161 e. The number of para-hydroxylation sites is 2. The molecule has 2 heterocycles. The van der Waals surface area contributed by atoms with Gasteiger partial charge in [0.25, 0.3) is 0 Å². The van der Waals surface area contributed by atoms with Crippen LogP contribution < -0.4 is 9.47 Å². The molecule has 2 atom stereocenters. The van der Waals surface area contributed by atoms with Gasteiger partial charge >= 0.3 is 0 Å². The van der Waals surface area contributed by atoms with Gasteiger partial charge < -0.3 is 14.2 Å². The molecule has 148 valence electrons. The normalized spacial score (nSPS) is 21.8. The van der Waals surface area contributed by atoms with Crippen molar-refractivity contribution in [2.75, 3.05) is 26.4 Å². The van der Waals surface area contributed by atoms with Crippen LogP contribution in [0.15, 0.2) is 66.2 Å². The Morgan fingerprint density at radius 1 is 0.964 bits per heavy atom. The van der Waals surface area contributed by atoms with E-state index in [1.165, 1.54) is 11.1 Å². The quantitative estimate of drug-likeness (QED) is 0.634. The van der Waals surface area contributed by atoms with Crippen molar-refractivity contribution in [1.29, 1.82) is 0 Å². The number of ether oxygens (including phenoxy) is 3. The van der Waals surface area contributed by atoms with Crippen LogP contribution >= 0.6 is 0 Å². The number of rotatable bonds is 8. The van der Waals surface area contributed by atoms with Crippen molar-refractivity contribution in [3.05, 3.63) is 71.8 Å². The van der Waals surface area contributed by atoms with Gasteiger partial charge in [-0.1, -0.05) is 54.1 Å². The highest BCUT2D eigenvalue weighted by Crippen LogP contribution is 2.31. The fourth-order valence-corrected chi connectivity index (χ4v) is 4.11. The molecule has 2 unspecified atom stereocenters. The molecule has 2 bridgehead atoms. The molecule has 0 N–H and O–H groups in total. The number of fused-ring (bicyclic) bond motifs is 2. The number of morpholine rings is 1. The van der Waals surface area contributed by atoms with Gasteiger partial charge in [-0.2, -0.15) is 0 Å². The monoisotopic (exact) mass is 379 g/mol. The maximum atomic E-state index is 6.03. The Balaban J connectivity index is 1.36. The SMILES string of the molecule is CCOc1ccccc1OCCC1=CC2COCC(C1)N2Cc1ccccc1. The van der Waals surface area contributed by atoms with E-state index in [2.05, 4.69) is 41.3 Å². The molecule has 2 aliphatic heterocycles. The van der Waals surface area contributed by atoms with Gasteiger partial charge in [0.2, 0.25) is 0 Å². The second-order valence-electron chi connectivity index (χ2n) is 7.42. The second kappa shape index (κ2) is 9.26. The van der Waals surface area contributed by atoms with Crippen LogP contribution in [0.3, 0.4) is 0 Å². The van der Waals surface area contributed by atoms with Crippen LogP contribution in [0, 0.1) is 0 Å². The topological polar surface area (TPSA) is 30.9 Å². The first-order valence-electron chi connectivity index (χ1n) is 10.2. The summed E-state index contributed by atoms with van der Waals surface area (Å²) in [6.07, 6.45) is 4.41. The molecule has 1 saturated heterocycles. The Kier molecular flexibility index (Phi) is 6.30. The van der Waals surface area contributed by atoms with Gasteiger partial charge in [0.15, 0.2) is 11.5 Å². The summed E-state index contributed by atoms with van der Waals surface area (Å²) >= 11 is 0. The van der Waals surface area contributed by atoms with Crippen molar-refractivity contribution >= 4 is 0 Å². The van der Waals surface area contributed by atoms with E-state index < -0.39 is 0 Å². The van der Waals surface area contributed by atoms with Crippen LogP contribution in [0.4, 0.5) is 0 Å². The molecule has 4 heteroatoms. The molecule has 2 aliphatic rings. The van der Waals surface area contributed by atoms with Crippen LogP contribution in [0.1, 0.15) is 25.3 Å². The predicted molar refractivity (Wildman–Crippen MR) is 111 cm³/mol. The van der Waals surface area contributed by atoms with Crippen LogP contribution in [-0.4, -0.2) is 43.4 Å². The Hall–Kier alpha value is -2.30. The predicted octanol–water partition coefficient (Wildman–Crippen LogP) is 4.45. The zero-order chi connectivity index (χ0) is 19.2. The van der Waals surface area contributed by atoms with Gasteiger partial charge in [-0.05, 0) is 31.0 Å². The summed E-state index contributed by atoms with van der Waals surface area (Å²) in [7, 11) is 0. The molecular weight excluding hydrogens is 350 g/mol. The van der Waals surface area contributed by atoms with Crippen LogP contribution in [0.2, 0.25) is 0 Å². The molecule has 4 nitrogen and oxygen atoms in total. The van der Waals surface area contributed by atoms with E-state index in [1.54, 1.807) is 0 Å². The lowest BCUT2D eigenvalue weighted by atomic mass is 9.92. The molecule has 2 aromatic carbocycles. The molecular formula is C24H29NO3. The van der Waals surface area contributed by atoms with Crippen LogP contribution in [0.25, 0.3) is 0 Å². The average molecular weight is 380 g/mol. The van der Waals surface area contributed by atoms with Crippen molar-refractivity contribution in [3.8, 4) is 11.5 Å². The molecule has 0 amide bonds. The zero-order valence-corrected chi connectivity index (χ0v) is 16.5. The van der Waals surface area contributed by atoms with Gasteiger partial charge in [-0.15, -0.1) is 0 Å². The van der Waals surface area contributed by atoms with Gasteiger partial charge in [-0.3, -0.25) is 4.90 Å². The minimum absolute atomic E-state index is 0.360. The highest BCUT2D eigenvalue weighted by Gasteiger charge is 2.34. The second-order valence-corrected chi connectivity index (χ2v) is 7.42. The van der Waals surface area contributed by atoms with Gasteiger partial charge in [0, 0.05) is 19.0 Å². The molecule has 2 aromatic rings. The third kappa shape index (κ3) is 4.57. The van der Waals surface area contributed by atoms with Crippen molar-refractivity contribution in [2.24, 2.45) is 0 Å². The third-order valence-corrected chi connectivity index (χ3v) is 5.46. The van der Waals surface area contributed by atoms with Crippen LogP contribution in [-0.2, 0) is 11.3 Å². The molecule has 4 rings (SSSR count). The van der Waals surface area contributed by atoms with Crippen molar-refractivity contribution in [1.82, 2.24) is 4.90 Å². The van der Waals surface area contributed by atoms with Gasteiger partial charge in [-0.25, -0.2) is 0 Å².